The minimum Gasteiger partial charge on any atom is -0.294 e. The highest BCUT2D eigenvalue weighted by Crippen LogP contribution is 2.16. The molecular weight excluding hydrogens is 171 g/mol. The van der Waals surface area contributed by atoms with Gasteiger partial charge in [0, 0.05) is 0 Å². The zero-order valence-electron chi connectivity index (χ0n) is 5.38. The zero-order valence-corrected chi connectivity index (χ0v) is 6.14. The monoisotopic (exact) mass is 174 g/mol. The van der Waals surface area contributed by atoms with Gasteiger partial charge in [0.25, 0.3) is 0 Å². The number of carbonyl (C=O) groups excluding carboxylic acids is 2. The molecule has 0 heterocycles. The van der Waals surface area contributed by atoms with Crippen molar-refractivity contribution in [2.45, 2.75) is 0 Å². The number of halogens is 2. The molecule has 0 fully saturated rings. The van der Waals surface area contributed by atoms with Gasteiger partial charge in [-0.2, -0.15) is 0 Å². The molecule has 0 N–H and O–H groups in total. The van der Waals surface area contributed by atoms with E-state index in [1.54, 1.807) is 0 Å². The van der Waals surface area contributed by atoms with Crippen LogP contribution < -0.4 is 0 Å². The molecule has 1 aliphatic carbocycles. The van der Waals surface area contributed by atoms with Crippen LogP contribution >= 0.6 is 11.6 Å². The smallest absolute Gasteiger partial charge is 0.236 e. The minimum atomic E-state index is -1.14. The highest BCUT2D eigenvalue weighted by Gasteiger charge is 2.23. The molecule has 0 saturated heterocycles. The van der Waals surface area contributed by atoms with Crippen molar-refractivity contribution < 1.29 is 14.0 Å². The molecule has 11 heavy (non-hydrogen) atoms. The van der Waals surface area contributed by atoms with Crippen LogP contribution in [0.25, 0.3) is 0 Å². The average Bonchev–Trinajstić information content (AvgIpc) is 1.94. The molecule has 0 bridgehead atoms. The quantitative estimate of drug-likeness (QED) is 0.444. The molecule has 1 rings (SSSR count). The lowest BCUT2D eigenvalue weighted by Crippen LogP contribution is -2.18. The first-order valence-electron chi connectivity index (χ1n) is 2.90. The maximum atomic E-state index is 12.4. The maximum Gasteiger partial charge on any atom is 0.236 e. The number of allylic oxidation sites excluding steroid dienone is 4. The van der Waals surface area contributed by atoms with Crippen molar-refractivity contribution in [3.63, 3.8) is 0 Å². The Kier molecular flexibility index (Phi) is 2.19. The van der Waals surface area contributed by atoms with E-state index in [0.29, 0.717) is 0 Å². The first-order chi connectivity index (χ1) is 5.11. The summed E-state index contributed by atoms with van der Waals surface area (Å²) in [6.45, 7) is 0. The topological polar surface area (TPSA) is 34.1 Å². The lowest BCUT2D eigenvalue weighted by atomic mass is 10.0. The zero-order chi connectivity index (χ0) is 8.43. The van der Waals surface area contributed by atoms with Crippen molar-refractivity contribution in [1.82, 2.24) is 0 Å². The molecule has 1 unspecified atom stereocenters. The molecule has 0 aromatic rings. The van der Waals surface area contributed by atoms with Crippen LogP contribution in [0.15, 0.2) is 24.1 Å². The van der Waals surface area contributed by atoms with E-state index >= 15 is 0 Å². The first-order valence-corrected chi connectivity index (χ1v) is 3.27. The summed E-state index contributed by atoms with van der Waals surface area (Å²) in [6.07, 6.45) is 2.90. The third kappa shape index (κ3) is 1.74. The van der Waals surface area contributed by atoms with Crippen LogP contribution in [0, 0.1) is 5.92 Å². The van der Waals surface area contributed by atoms with Gasteiger partial charge in [-0.1, -0.05) is 0 Å². The molecule has 0 amide bonds. The average molecular weight is 175 g/mol. The van der Waals surface area contributed by atoms with Crippen LogP contribution in [0.1, 0.15) is 0 Å². The van der Waals surface area contributed by atoms with Gasteiger partial charge in [0.05, 0.1) is 0 Å². The SMILES string of the molecule is O=C(Cl)C1C=C(F)C=CC1=O. The summed E-state index contributed by atoms with van der Waals surface area (Å²) in [5.41, 5.74) is 0. The Morgan fingerprint density at radius 1 is 1.55 bits per heavy atom. The Labute approximate surface area is 67.3 Å². The standard InChI is InChI=1S/C7H4ClFO2/c8-7(11)5-3-4(9)1-2-6(5)10/h1-3,5H. The summed E-state index contributed by atoms with van der Waals surface area (Å²) >= 11 is 5.01. The number of carbonyl (C=O) groups is 2. The second kappa shape index (κ2) is 2.96. The molecule has 1 aliphatic rings. The van der Waals surface area contributed by atoms with Crippen molar-refractivity contribution >= 4 is 22.6 Å². The van der Waals surface area contributed by atoms with E-state index in [1.165, 1.54) is 0 Å². The fourth-order valence-corrected chi connectivity index (χ4v) is 0.910. The van der Waals surface area contributed by atoms with Gasteiger partial charge in [0.2, 0.25) is 5.24 Å². The van der Waals surface area contributed by atoms with E-state index in [0.717, 1.165) is 18.2 Å². The van der Waals surface area contributed by atoms with Gasteiger partial charge in [-0.05, 0) is 29.8 Å². The minimum absolute atomic E-state index is 0.480. The Morgan fingerprint density at radius 3 is 2.64 bits per heavy atom. The molecule has 0 aliphatic heterocycles. The van der Waals surface area contributed by atoms with Crippen LogP contribution in [-0.2, 0) is 9.59 Å². The molecule has 0 saturated carbocycles. The van der Waals surface area contributed by atoms with Crippen LogP contribution in [0.3, 0.4) is 0 Å². The summed E-state index contributed by atoms with van der Waals surface area (Å²) in [5.74, 6) is -2.23. The highest BCUT2D eigenvalue weighted by molar-refractivity contribution is 6.66. The van der Waals surface area contributed by atoms with Crippen molar-refractivity contribution in [1.29, 1.82) is 0 Å². The molecule has 0 aromatic carbocycles. The second-order valence-corrected chi connectivity index (χ2v) is 2.44. The number of rotatable bonds is 1. The highest BCUT2D eigenvalue weighted by atomic mass is 35.5. The summed E-state index contributed by atoms with van der Waals surface area (Å²) in [5, 5.41) is -0.852. The van der Waals surface area contributed by atoms with Gasteiger partial charge in [0.15, 0.2) is 5.78 Å². The van der Waals surface area contributed by atoms with E-state index in [-0.39, 0.29) is 0 Å². The molecule has 4 heteroatoms. The van der Waals surface area contributed by atoms with Gasteiger partial charge >= 0.3 is 0 Å². The van der Waals surface area contributed by atoms with Crippen molar-refractivity contribution in [2.24, 2.45) is 5.92 Å². The number of hydrogen-bond acceptors (Lipinski definition) is 2. The largest absolute Gasteiger partial charge is 0.294 e. The number of hydrogen-bond donors (Lipinski definition) is 0. The van der Waals surface area contributed by atoms with Crippen molar-refractivity contribution in [3.8, 4) is 0 Å². The van der Waals surface area contributed by atoms with Gasteiger partial charge in [-0.3, -0.25) is 9.59 Å². The first kappa shape index (κ1) is 8.14. The lowest BCUT2D eigenvalue weighted by molar-refractivity contribution is -0.124. The van der Waals surface area contributed by atoms with Gasteiger partial charge in [0.1, 0.15) is 11.7 Å². The van der Waals surface area contributed by atoms with Gasteiger partial charge in [-0.15, -0.1) is 0 Å². The van der Waals surface area contributed by atoms with Crippen LogP contribution in [0.4, 0.5) is 4.39 Å². The van der Waals surface area contributed by atoms with E-state index in [2.05, 4.69) is 0 Å². The molecule has 0 aromatic heterocycles. The van der Waals surface area contributed by atoms with E-state index < -0.39 is 22.8 Å². The Morgan fingerprint density at radius 2 is 2.18 bits per heavy atom. The van der Waals surface area contributed by atoms with Gasteiger partial charge < -0.3 is 0 Å². The van der Waals surface area contributed by atoms with E-state index in [9.17, 15) is 14.0 Å². The Balaban J connectivity index is 2.90. The fraction of sp³-hybridized carbons (Fsp3) is 0.143. The van der Waals surface area contributed by atoms with Crippen molar-refractivity contribution in [3.05, 3.63) is 24.1 Å². The molecular formula is C7H4ClFO2. The predicted molar refractivity (Wildman–Crippen MR) is 37.7 cm³/mol. The van der Waals surface area contributed by atoms with Crippen molar-refractivity contribution in [2.75, 3.05) is 0 Å². The Hall–Kier alpha value is -0.960. The van der Waals surface area contributed by atoms with Crippen LogP contribution in [0.2, 0.25) is 0 Å². The fourth-order valence-electron chi connectivity index (χ4n) is 0.740. The van der Waals surface area contributed by atoms with E-state index in [1.807, 2.05) is 0 Å². The van der Waals surface area contributed by atoms with Crippen LogP contribution in [0.5, 0.6) is 0 Å². The maximum absolute atomic E-state index is 12.4. The molecule has 0 spiro atoms. The summed E-state index contributed by atoms with van der Waals surface area (Å²) in [4.78, 5) is 21.2. The Bertz CT molecular complexity index is 268. The molecule has 2 nitrogen and oxygen atoms in total. The van der Waals surface area contributed by atoms with Crippen LogP contribution in [-0.4, -0.2) is 11.0 Å². The lowest BCUT2D eigenvalue weighted by Gasteiger charge is -2.05. The summed E-state index contributed by atoms with van der Waals surface area (Å²) in [6, 6.07) is 0. The summed E-state index contributed by atoms with van der Waals surface area (Å²) < 4.78 is 12.4. The third-order valence-corrected chi connectivity index (χ3v) is 1.52. The number of ketones is 1. The molecule has 58 valence electrons. The molecule has 1 atom stereocenters. The second-order valence-electron chi connectivity index (χ2n) is 2.07. The molecule has 0 radical (unpaired) electrons. The third-order valence-electron chi connectivity index (χ3n) is 1.28. The summed E-state index contributed by atoms with van der Waals surface area (Å²) in [7, 11) is 0. The normalized spacial score (nSPS) is 23.3. The van der Waals surface area contributed by atoms with E-state index in [4.69, 9.17) is 11.6 Å². The van der Waals surface area contributed by atoms with Gasteiger partial charge in [-0.25, -0.2) is 4.39 Å². The predicted octanol–water partition coefficient (Wildman–Crippen LogP) is 1.36.